The van der Waals surface area contributed by atoms with Gasteiger partial charge in [-0.25, -0.2) is 0 Å². The molecular weight excluding hydrogens is 266 g/mol. The zero-order chi connectivity index (χ0) is 15.5. The van der Waals surface area contributed by atoms with Gasteiger partial charge in [-0.2, -0.15) is 0 Å². The van der Waals surface area contributed by atoms with Crippen LogP contribution in [0.5, 0.6) is 0 Å². The predicted octanol–water partition coefficient (Wildman–Crippen LogP) is 2.17. The van der Waals surface area contributed by atoms with E-state index in [1.54, 1.807) is 26.0 Å². The van der Waals surface area contributed by atoms with Crippen molar-refractivity contribution in [1.82, 2.24) is 5.32 Å². The van der Waals surface area contributed by atoms with Crippen molar-refractivity contribution in [1.29, 1.82) is 0 Å². The number of amides is 1. The normalized spacial score (nSPS) is 11.5. The fourth-order valence-electron chi connectivity index (χ4n) is 1.87. The SMILES string of the molecule is CC(C)(NC(=O)c1ccc(-c2ccccc2)cc1)C(O)O. The maximum atomic E-state index is 12.1. The van der Waals surface area contributed by atoms with Crippen molar-refractivity contribution in [3.05, 3.63) is 60.2 Å². The van der Waals surface area contributed by atoms with Crippen LogP contribution in [0.15, 0.2) is 54.6 Å². The smallest absolute Gasteiger partial charge is 0.251 e. The number of benzene rings is 2. The van der Waals surface area contributed by atoms with Gasteiger partial charge < -0.3 is 15.5 Å². The standard InChI is InChI=1S/C17H19NO3/c1-17(2,16(20)21)18-15(19)14-10-8-13(9-11-14)12-6-4-3-5-7-12/h3-11,16,20-21H,1-2H3,(H,18,19). The van der Waals surface area contributed by atoms with Gasteiger partial charge in [-0.1, -0.05) is 42.5 Å². The summed E-state index contributed by atoms with van der Waals surface area (Å²) >= 11 is 0. The van der Waals surface area contributed by atoms with Gasteiger partial charge in [0.25, 0.3) is 5.91 Å². The summed E-state index contributed by atoms with van der Waals surface area (Å²) in [6.07, 6.45) is -1.62. The second-order valence-corrected chi connectivity index (χ2v) is 5.49. The molecule has 2 aromatic carbocycles. The Bertz CT molecular complexity index is 604. The van der Waals surface area contributed by atoms with Crippen molar-refractivity contribution in [3.8, 4) is 11.1 Å². The first-order valence-corrected chi connectivity index (χ1v) is 6.74. The van der Waals surface area contributed by atoms with E-state index in [2.05, 4.69) is 5.32 Å². The third-order valence-corrected chi connectivity index (χ3v) is 3.34. The van der Waals surface area contributed by atoms with E-state index >= 15 is 0 Å². The molecule has 0 bridgehead atoms. The van der Waals surface area contributed by atoms with E-state index in [0.29, 0.717) is 5.56 Å². The monoisotopic (exact) mass is 285 g/mol. The largest absolute Gasteiger partial charge is 0.366 e. The zero-order valence-corrected chi connectivity index (χ0v) is 12.1. The number of hydrogen-bond donors (Lipinski definition) is 3. The minimum absolute atomic E-state index is 0.340. The van der Waals surface area contributed by atoms with Crippen LogP contribution in [0, 0.1) is 0 Å². The molecule has 0 aliphatic heterocycles. The lowest BCUT2D eigenvalue weighted by atomic mass is 10.0. The minimum Gasteiger partial charge on any atom is -0.366 e. The summed E-state index contributed by atoms with van der Waals surface area (Å²) < 4.78 is 0. The highest BCUT2D eigenvalue weighted by Crippen LogP contribution is 2.19. The predicted molar refractivity (Wildman–Crippen MR) is 81.6 cm³/mol. The van der Waals surface area contributed by atoms with Gasteiger partial charge in [0.05, 0.1) is 5.54 Å². The summed E-state index contributed by atoms with van der Waals surface area (Å²) in [5.41, 5.74) is 1.47. The number of rotatable bonds is 4. The number of carbonyl (C=O) groups is 1. The van der Waals surface area contributed by atoms with Crippen LogP contribution in [0.2, 0.25) is 0 Å². The van der Waals surface area contributed by atoms with Crippen LogP contribution in [0.25, 0.3) is 11.1 Å². The van der Waals surface area contributed by atoms with Crippen molar-refractivity contribution >= 4 is 5.91 Å². The highest BCUT2D eigenvalue weighted by Gasteiger charge is 2.28. The summed E-state index contributed by atoms with van der Waals surface area (Å²) in [6, 6.07) is 17.0. The Morgan fingerprint density at radius 1 is 0.952 bits per heavy atom. The molecule has 110 valence electrons. The van der Waals surface area contributed by atoms with Gasteiger partial charge in [-0.05, 0) is 37.1 Å². The second-order valence-electron chi connectivity index (χ2n) is 5.49. The number of hydrogen-bond acceptors (Lipinski definition) is 3. The van der Waals surface area contributed by atoms with Gasteiger partial charge >= 0.3 is 0 Å². The van der Waals surface area contributed by atoms with Crippen LogP contribution in [-0.2, 0) is 0 Å². The maximum absolute atomic E-state index is 12.1. The Morgan fingerprint density at radius 2 is 1.48 bits per heavy atom. The van der Waals surface area contributed by atoms with Gasteiger partial charge in [0, 0.05) is 5.56 Å². The molecule has 3 N–H and O–H groups in total. The molecule has 0 spiro atoms. The fourth-order valence-corrected chi connectivity index (χ4v) is 1.87. The summed E-state index contributed by atoms with van der Waals surface area (Å²) in [5.74, 6) is -0.340. The molecule has 4 heteroatoms. The average Bonchev–Trinajstić information content (AvgIpc) is 2.48. The number of nitrogens with one attached hydrogen (secondary N) is 1. The van der Waals surface area contributed by atoms with Crippen LogP contribution in [0.1, 0.15) is 24.2 Å². The number of aliphatic hydroxyl groups is 2. The quantitative estimate of drug-likeness (QED) is 0.754. The number of aliphatic hydroxyl groups excluding tert-OH is 1. The van der Waals surface area contributed by atoms with Gasteiger partial charge in [0.1, 0.15) is 0 Å². The molecular formula is C17H19NO3. The van der Waals surface area contributed by atoms with Crippen molar-refractivity contribution in [3.63, 3.8) is 0 Å². The van der Waals surface area contributed by atoms with E-state index in [4.69, 9.17) is 0 Å². The highest BCUT2D eigenvalue weighted by atomic mass is 16.5. The van der Waals surface area contributed by atoms with E-state index in [1.807, 2.05) is 42.5 Å². The molecule has 0 fully saturated rings. The van der Waals surface area contributed by atoms with E-state index in [1.165, 1.54) is 0 Å². The summed E-state index contributed by atoms with van der Waals surface area (Å²) in [4.78, 5) is 12.1. The molecule has 21 heavy (non-hydrogen) atoms. The summed E-state index contributed by atoms with van der Waals surface area (Å²) in [6.45, 7) is 3.10. The molecule has 2 rings (SSSR count). The summed E-state index contributed by atoms with van der Waals surface area (Å²) in [5, 5.41) is 21.0. The van der Waals surface area contributed by atoms with Crippen LogP contribution in [0.4, 0.5) is 0 Å². The Kier molecular flexibility index (Phi) is 4.40. The van der Waals surface area contributed by atoms with Gasteiger partial charge in [0.15, 0.2) is 6.29 Å². The van der Waals surface area contributed by atoms with Gasteiger partial charge in [0.2, 0.25) is 0 Å². The third-order valence-electron chi connectivity index (χ3n) is 3.34. The Labute approximate surface area is 124 Å². The van der Waals surface area contributed by atoms with Crippen molar-refractivity contribution < 1.29 is 15.0 Å². The molecule has 0 saturated heterocycles. The van der Waals surface area contributed by atoms with Crippen LogP contribution < -0.4 is 5.32 Å². The lowest BCUT2D eigenvalue weighted by molar-refractivity contribution is -0.0937. The van der Waals surface area contributed by atoms with Gasteiger partial charge in [-0.3, -0.25) is 4.79 Å². The van der Waals surface area contributed by atoms with E-state index in [0.717, 1.165) is 11.1 Å². The topological polar surface area (TPSA) is 69.6 Å². The molecule has 0 unspecified atom stereocenters. The van der Waals surface area contributed by atoms with Crippen molar-refractivity contribution in [2.75, 3.05) is 0 Å². The molecule has 1 amide bonds. The molecule has 0 saturated carbocycles. The second kappa shape index (κ2) is 6.08. The zero-order valence-electron chi connectivity index (χ0n) is 12.1. The molecule has 0 aliphatic rings. The highest BCUT2D eigenvalue weighted by molar-refractivity contribution is 5.95. The minimum atomic E-state index is -1.62. The molecule has 0 radical (unpaired) electrons. The fraction of sp³-hybridized carbons (Fsp3) is 0.235. The Hall–Kier alpha value is -2.17. The van der Waals surface area contributed by atoms with Crippen LogP contribution in [-0.4, -0.2) is 27.9 Å². The Morgan fingerprint density at radius 3 is 2.00 bits per heavy atom. The molecule has 0 aliphatic carbocycles. The van der Waals surface area contributed by atoms with Gasteiger partial charge in [-0.15, -0.1) is 0 Å². The first-order chi connectivity index (χ1) is 9.90. The first-order valence-electron chi connectivity index (χ1n) is 6.74. The molecule has 2 aromatic rings. The lowest BCUT2D eigenvalue weighted by Crippen LogP contribution is -2.52. The van der Waals surface area contributed by atoms with E-state index < -0.39 is 11.8 Å². The van der Waals surface area contributed by atoms with Crippen molar-refractivity contribution in [2.45, 2.75) is 25.7 Å². The average molecular weight is 285 g/mol. The summed E-state index contributed by atoms with van der Waals surface area (Å²) in [7, 11) is 0. The van der Waals surface area contributed by atoms with Crippen molar-refractivity contribution in [2.24, 2.45) is 0 Å². The molecule has 0 atom stereocenters. The van der Waals surface area contributed by atoms with Crippen LogP contribution >= 0.6 is 0 Å². The Balaban J connectivity index is 2.14. The number of carbonyl (C=O) groups excluding carboxylic acids is 1. The maximum Gasteiger partial charge on any atom is 0.251 e. The third kappa shape index (κ3) is 3.68. The lowest BCUT2D eigenvalue weighted by Gasteiger charge is -2.28. The molecule has 0 heterocycles. The first kappa shape index (κ1) is 15.2. The van der Waals surface area contributed by atoms with E-state index in [-0.39, 0.29) is 5.91 Å². The van der Waals surface area contributed by atoms with Crippen LogP contribution in [0.3, 0.4) is 0 Å². The molecule has 4 nitrogen and oxygen atoms in total. The van der Waals surface area contributed by atoms with E-state index in [9.17, 15) is 15.0 Å². The molecule has 0 aromatic heterocycles.